The van der Waals surface area contributed by atoms with Crippen LogP contribution in [-0.2, 0) is 11.9 Å². The van der Waals surface area contributed by atoms with Gasteiger partial charge in [0, 0.05) is 27.6 Å². The molecule has 0 fully saturated rings. The molecule has 2 nitrogen and oxygen atoms in total. The molecule has 2 aromatic rings. The Morgan fingerprint density at radius 1 is 1.19 bits per heavy atom. The number of hydrogen-bond donors (Lipinski definition) is 1. The maximum absolute atomic E-state index is 12.5. The van der Waals surface area contributed by atoms with Crippen molar-refractivity contribution in [1.82, 2.24) is 4.98 Å². The van der Waals surface area contributed by atoms with Gasteiger partial charge in [-0.05, 0) is 29.8 Å². The highest BCUT2D eigenvalue weighted by atomic mass is 35.5. The van der Waals surface area contributed by atoms with Crippen molar-refractivity contribution < 1.29 is 13.2 Å². The van der Waals surface area contributed by atoms with Crippen LogP contribution in [0.15, 0.2) is 35.4 Å². The van der Waals surface area contributed by atoms with E-state index in [4.69, 9.17) is 28.9 Å². The summed E-state index contributed by atoms with van der Waals surface area (Å²) in [4.78, 5) is 4.46. The van der Waals surface area contributed by atoms with Gasteiger partial charge in [-0.25, -0.2) is 4.98 Å². The molecule has 1 aromatic carbocycles. The largest absolute Gasteiger partial charge is 0.416 e. The molecule has 0 unspecified atom stereocenters. The standard InChI is InChI=1S/C13H9Cl2F3N2S/c14-9-4-12(15)20-5-7(9)6-21-11-2-1-8(3-10(11)19)13(16,17)18/h1-5H,6,19H2. The zero-order valence-electron chi connectivity index (χ0n) is 10.4. The highest BCUT2D eigenvalue weighted by Crippen LogP contribution is 2.36. The number of aromatic nitrogens is 1. The third-order valence-electron chi connectivity index (χ3n) is 2.62. The summed E-state index contributed by atoms with van der Waals surface area (Å²) in [6.45, 7) is 0. The van der Waals surface area contributed by atoms with Gasteiger partial charge in [-0.15, -0.1) is 11.8 Å². The Bertz CT molecular complexity index is 662. The molecular formula is C13H9Cl2F3N2S. The number of pyridine rings is 1. The first-order valence-corrected chi connectivity index (χ1v) is 7.41. The molecule has 0 aliphatic heterocycles. The number of alkyl halides is 3. The molecule has 0 radical (unpaired) electrons. The molecule has 0 saturated heterocycles. The summed E-state index contributed by atoms with van der Waals surface area (Å²) in [5.74, 6) is 0.429. The second-order valence-electron chi connectivity index (χ2n) is 4.14. The van der Waals surface area contributed by atoms with Crippen molar-refractivity contribution in [3.8, 4) is 0 Å². The quantitative estimate of drug-likeness (QED) is 0.463. The Balaban J connectivity index is 2.13. The van der Waals surface area contributed by atoms with E-state index in [9.17, 15) is 13.2 Å². The normalized spacial score (nSPS) is 11.7. The van der Waals surface area contributed by atoms with E-state index >= 15 is 0 Å². The molecule has 2 rings (SSSR count). The van der Waals surface area contributed by atoms with Crippen molar-refractivity contribution in [3.63, 3.8) is 0 Å². The van der Waals surface area contributed by atoms with Gasteiger partial charge in [-0.3, -0.25) is 0 Å². The van der Waals surface area contributed by atoms with E-state index in [1.54, 1.807) is 0 Å². The van der Waals surface area contributed by atoms with Crippen LogP contribution < -0.4 is 5.73 Å². The van der Waals surface area contributed by atoms with Gasteiger partial charge in [0.15, 0.2) is 0 Å². The summed E-state index contributed by atoms with van der Waals surface area (Å²) < 4.78 is 37.6. The van der Waals surface area contributed by atoms with E-state index in [1.165, 1.54) is 30.1 Å². The van der Waals surface area contributed by atoms with Crippen LogP contribution in [0.2, 0.25) is 10.2 Å². The smallest absolute Gasteiger partial charge is 0.398 e. The Labute approximate surface area is 133 Å². The molecule has 1 heterocycles. The van der Waals surface area contributed by atoms with Gasteiger partial charge >= 0.3 is 6.18 Å². The Kier molecular flexibility index (Phi) is 4.91. The number of nitrogens with zero attached hydrogens (tertiary/aromatic N) is 1. The molecule has 21 heavy (non-hydrogen) atoms. The second kappa shape index (κ2) is 6.34. The number of benzene rings is 1. The fourth-order valence-electron chi connectivity index (χ4n) is 1.55. The van der Waals surface area contributed by atoms with Gasteiger partial charge in [0.1, 0.15) is 5.15 Å². The van der Waals surface area contributed by atoms with Crippen molar-refractivity contribution in [3.05, 3.63) is 51.8 Å². The van der Waals surface area contributed by atoms with Crippen LogP contribution in [0.1, 0.15) is 11.1 Å². The van der Waals surface area contributed by atoms with Crippen LogP contribution in [0.4, 0.5) is 18.9 Å². The molecular weight excluding hydrogens is 344 g/mol. The maximum atomic E-state index is 12.5. The van der Waals surface area contributed by atoms with Crippen molar-refractivity contribution >= 4 is 40.7 Å². The summed E-state index contributed by atoms with van der Waals surface area (Å²) in [6, 6.07) is 4.78. The zero-order chi connectivity index (χ0) is 15.6. The Hall–Kier alpha value is -1.11. The first kappa shape index (κ1) is 16.3. The summed E-state index contributed by atoms with van der Waals surface area (Å²) >= 11 is 13.0. The van der Waals surface area contributed by atoms with Gasteiger partial charge < -0.3 is 5.73 Å². The first-order chi connectivity index (χ1) is 9.77. The van der Waals surface area contributed by atoms with E-state index in [1.807, 2.05) is 0 Å². The lowest BCUT2D eigenvalue weighted by Gasteiger charge is -2.11. The third kappa shape index (κ3) is 4.18. The van der Waals surface area contributed by atoms with Crippen molar-refractivity contribution in [2.75, 3.05) is 5.73 Å². The van der Waals surface area contributed by atoms with Gasteiger partial charge in [0.05, 0.1) is 5.56 Å². The van der Waals surface area contributed by atoms with Crippen LogP contribution in [0.5, 0.6) is 0 Å². The third-order valence-corrected chi connectivity index (χ3v) is 4.31. The molecule has 112 valence electrons. The zero-order valence-corrected chi connectivity index (χ0v) is 12.7. The van der Waals surface area contributed by atoms with Crippen LogP contribution in [0.25, 0.3) is 0 Å². The van der Waals surface area contributed by atoms with Crippen LogP contribution >= 0.6 is 35.0 Å². The van der Waals surface area contributed by atoms with E-state index in [0.717, 1.165) is 17.7 Å². The molecule has 1 aromatic heterocycles. The molecule has 2 N–H and O–H groups in total. The number of hydrogen-bond acceptors (Lipinski definition) is 3. The fourth-order valence-corrected chi connectivity index (χ4v) is 3.00. The van der Waals surface area contributed by atoms with Gasteiger partial charge in [0.2, 0.25) is 0 Å². The van der Waals surface area contributed by atoms with Gasteiger partial charge in [-0.2, -0.15) is 13.2 Å². The lowest BCUT2D eigenvalue weighted by Crippen LogP contribution is -2.05. The molecule has 0 spiro atoms. The van der Waals surface area contributed by atoms with Gasteiger partial charge in [-0.1, -0.05) is 23.2 Å². The minimum Gasteiger partial charge on any atom is -0.398 e. The fraction of sp³-hybridized carbons (Fsp3) is 0.154. The van der Waals surface area contributed by atoms with E-state index in [0.29, 0.717) is 15.7 Å². The van der Waals surface area contributed by atoms with Crippen molar-refractivity contribution in [2.45, 2.75) is 16.8 Å². The molecule has 0 bridgehead atoms. The Morgan fingerprint density at radius 2 is 1.90 bits per heavy atom. The minimum atomic E-state index is -4.40. The molecule has 0 aliphatic rings. The summed E-state index contributed by atoms with van der Waals surface area (Å²) in [7, 11) is 0. The van der Waals surface area contributed by atoms with Gasteiger partial charge in [0.25, 0.3) is 0 Å². The van der Waals surface area contributed by atoms with Crippen molar-refractivity contribution in [1.29, 1.82) is 0 Å². The van der Waals surface area contributed by atoms with E-state index in [2.05, 4.69) is 4.98 Å². The minimum absolute atomic E-state index is 0.0767. The number of thioether (sulfide) groups is 1. The maximum Gasteiger partial charge on any atom is 0.416 e. The second-order valence-corrected chi connectivity index (χ2v) is 5.95. The number of anilines is 1. The first-order valence-electron chi connectivity index (χ1n) is 5.67. The molecule has 0 amide bonds. The Morgan fingerprint density at radius 3 is 2.48 bits per heavy atom. The average molecular weight is 353 g/mol. The topological polar surface area (TPSA) is 38.9 Å². The average Bonchev–Trinajstić information content (AvgIpc) is 2.38. The lowest BCUT2D eigenvalue weighted by atomic mass is 10.2. The lowest BCUT2D eigenvalue weighted by molar-refractivity contribution is -0.137. The molecule has 0 aliphatic carbocycles. The molecule has 0 atom stereocenters. The van der Waals surface area contributed by atoms with Crippen LogP contribution in [-0.4, -0.2) is 4.98 Å². The molecule has 8 heteroatoms. The SMILES string of the molecule is Nc1cc(C(F)(F)F)ccc1SCc1cnc(Cl)cc1Cl. The summed E-state index contributed by atoms with van der Waals surface area (Å²) in [6.07, 6.45) is -2.88. The van der Waals surface area contributed by atoms with Crippen LogP contribution in [0, 0.1) is 0 Å². The predicted octanol–water partition coefficient (Wildman–Crippen LogP) is 5.28. The van der Waals surface area contributed by atoms with E-state index < -0.39 is 11.7 Å². The van der Waals surface area contributed by atoms with Crippen molar-refractivity contribution in [2.24, 2.45) is 0 Å². The number of nitrogen functional groups attached to an aromatic ring is 1. The predicted molar refractivity (Wildman–Crippen MR) is 79.7 cm³/mol. The highest BCUT2D eigenvalue weighted by Gasteiger charge is 2.30. The summed E-state index contributed by atoms with van der Waals surface area (Å²) in [5, 5.41) is 0.732. The number of nitrogens with two attached hydrogens (primary N) is 1. The van der Waals surface area contributed by atoms with Crippen LogP contribution in [0.3, 0.4) is 0 Å². The van der Waals surface area contributed by atoms with E-state index in [-0.39, 0.29) is 10.8 Å². The monoisotopic (exact) mass is 352 g/mol. The number of halogens is 5. The molecule has 0 saturated carbocycles. The highest BCUT2D eigenvalue weighted by molar-refractivity contribution is 7.98. The number of rotatable bonds is 3. The summed E-state index contributed by atoms with van der Waals surface area (Å²) in [5.41, 5.74) is 5.69.